The van der Waals surface area contributed by atoms with Crippen molar-refractivity contribution >= 4 is 46.9 Å². The van der Waals surface area contributed by atoms with Crippen LogP contribution >= 0.6 is 23.2 Å². The minimum atomic E-state index is -0.318. The van der Waals surface area contributed by atoms with Crippen molar-refractivity contribution in [2.75, 3.05) is 0 Å². The molecule has 0 heterocycles. The number of hydrogen-bond acceptors (Lipinski definition) is 3. The van der Waals surface area contributed by atoms with Crippen LogP contribution in [0.4, 0.5) is 0 Å². The van der Waals surface area contributed by atoms with Gasteiger partial charge in [-0.25, -0.2) is 0 Å². The van der Waals surface area contributed by atoms with Gasteiger partial charge in [-0.1, -0.05) is 47.5 Å². The summed E-state index contributed by atoms with van der Waals surface area (Å²) >= 11 is 11.8. The highest BCUT2D eigenvalue weighted by Crippen LogP contribution is 2.22. The van der Waals surface area contributed by atoms with Crippen LogP contribution in [0.1, 0.15) is 17.5 Å². The van der Waals surface area contributed by atoms with Gasteiger partial charge in [0, 0.05) is 10.0 Å². The third kappa shape index (κ3) is 5.69. The van der Waals surface area contributed by atoms with E-state index in [9.17, 15) is 14.7 Å². The number of benzene rings is 2. The molecular formula is C19H14Cl2O3. The largest absolute Gasteiger partial charge is 0.508 e. The van der Waals surface area contributed by atoms with E-state index in [-0.39, 0.29) is 23.7 Å². The summed E-state index contributed by atoms with van der Waals surface area (Å²) < 4.78 is 0. The van der Waals surface area contributed by atoms with Gasteiger partial charge in [0.05, 0.1) is 6.42 Å². The van der Waals surface area contributed by atoms with Gasteiger partial charge in [-0.15, -0.1) is 0 Å². The van der Waals surface area contributed by atoms with Gasteiger partial charge in [0.25, 0.3) is 0 Å². The molecule has 0 aliphatic heterocycles. The Kier molecular flexibility index (Phi) is 6.36. The summed E-state index contributed by atoms with van der Waals surface area (Å²) in [5, 5.41) is 10.1. The molecule has 24 heavy (non-hydrogen) atoms. The second-order valence-corrected chi connectivity index (χ2v) is 5.88. The normalized spacial score (nSPS) is 11.2. The van der Waals surface area contributed by atoms with Crippen molar-refractivity contribution in [2.45, 2.75) is 6.42 Å². The highest BCUT2D eigenvalue weighted by Gasteiger charge is 2.04. The number of phenols is 1. The fourth-order valence-electron chi connectivity index (χ4n) is 1.88. The molecule has 2 aromatic rings. The van der Waals surface area contributed by atoms with E-state index in [1.165, 1.54) is 24.3 Å². The zero-order valence-corrected chi connectivity index (χ0v) is 14.1. The van der Waals surface area contributed by atoms with Gasteiger partial charge in [0.2, 0.25) is 0 Å². The molecule has 0 amide bonds. The molecule has 0 bridgehead atoms. The minimum Gasteiger partial charge on any atom is -0.508 e. The van der Waals surface area contributed by atoms with Crippen LogP contribution in [0.5, 0.6) is 5.75 Å². The summed E-state index contributed by atoms with van der Waals surface area (Å²) in [6.45, 7) is 0. The van der Waals surface area contributed by atoms with Crippen molar-refractivity contribution < 1.29 is 14.7 Å². The number of hydrogen-bond donors (Lipinski definition) is 1. The van der Waals surface area contributed by atoms with Crippen LogP contribution in [0.15, 0.2) is 54.6 Å². The number of carbonyl (C=O) groups is 2. The second-order valence-electron chi connectivity index (χ2n) is 5.03. The number of phenolic OH excluding ortho intramolecular Hbond substituents is 1. The topological polar surface area (TPSA) is 54.4 Å². The van der Waals surface area contributed by atoms with Crippen molar-refractivity contribution in [3.63, 3.8) is 0 Å². The molecule has 2 aromatic carbocycles. The van der Waals surface area contributed by atoms with Crippen LogP contribution in [-0.4, -0.2) is 16.7 Å². The van der Waals surface area contributed by atoms with Crippen LogP contribution in [0.3, 0.4) is 0 Å². The van der Waals surface area contributed by atoms with Crippen molar-refractivity contribution in [1.82, 2.24) is 0 Å². The summed E-state index contributed by atoms with van der Waals surface area (Å²) in [7, 11) is 0. The maximum Gasteiger partial charge on any atom is 0.163 e. The van der Waals surface area contributed by atoms with Gasteiger partial charge < -0.3 is 5.11 Å². The molecule has 0 saturated carbocycles. The molecule has 0 saturated heterocycles. The lowest BCUT2D eigenvalue weighted by Crippen LogP contribution is -2.01. The molecule has 0 aliphatic rings. The monoisotopic (exact) mass is 360 g/mol. The van der Waals surface area contributed by atoms with Crippen LogP contribution in [0.2, 0.25) is 10.0 Å². The van der Waals surface area contributed by atoms with E-state index in [0.29, 0.717) is 15.6 Å². The summed E-state index contributed by atoms with van der Waals surface area (Å²) in [6, 6.07) is 11.3. The molecule has 5 heteroatoms. The first-order valence-corrected chi connectivity index (χ1v) is 7.85. The number of ketones is 2. The molecule has 3 nitrogen and oxygen atoms in total. The van der Waals surface area contributed by atoms with E-state index >= 15 is 0 Å². The molecule has 0 radical (unpaired) electrons. The second kappa shape index (κ2) is 8.48. The number of halogens is 2. The fourth-order valence-corrected chi connectivity index (χ4v) is 2.36. The van der Waals surface area contributed by atoms with E-state index in [4.69, 9.17) is 23.2 Å². The summed E-state index contributed by atoms with van der Waals surface area (Å²) in [5.74, 6) is -0.471. The molecule has 0 aromatic heterocycles. The van der Waals surface area contributed by atoms with Gasteiger partial charge in [-0.05, 0) is 53.6 Å². The summed E-state index contributed by atoms with van der Waals surface area (Å²) in [4.78, 5) is 23.6. The third-order valence-electron chi connectivity index (χ3n) is 3.11. The zero-order chi connectivity index (χ0) is 17.5. The number of aromatic hydroxyl groups is 1. The lowest BCUT2D eigenvalue weighted by molar-refractivity contribution is -0.121. The maximum absolute atomic E-state index is 11.8. The Morgan fingerprint density at radius 2 is 1.54 bits per heavy atom. The number of carbonyl (C=O) groups excluding carboxylic acids is 2. The van der Waals surface area contributed by atoms with Crippen LogP contribution in [0, 0.1) is 0 Å². The minimum absolute atomic E-state index is 0.152. The zero-order valence-electron chi connectivity index (χ0n) is 12.6. The Bertz CT molecular complexity index is 806. The van der Waals surface area contributed by atoms with Crippen LogP contribution in [-0.2, 0) is 9.59 Å². The summed E-state index contributed by atoms with van der Waals surface area (Å²) in [5.41, 5.74) is 1.42. The van der Waals surface area contributed by atoms with Gasteiger partial charge in [-0.2, -0.15) is 0 Å². The van der Waals surface area contributed by atoms with E-state index in [1.807, 2.05) is 0 Å². The Morgan fingerprint density at radius 3 is 2.17 bits per heavy atom. The highest BCUT2D eigenvalue weighted by molar-refractivity contribution is 6.35. The predicted molar refractivity (Wildman–Crippen MR) is 97.3 cm³/mol. The maximum atomic E-state index is 11.8. The molecule has 122 valence electrons. The Labute approximate surface area is 149 Å². The molecule has 0 spiro atoms. The third-order valence-corrected chi connectivity index (χ3v) is 3.68. The SMILES string of the molecule is O=C(C=Cc1ccc(O)cc1)CC(=O)C=Cc1ccc(Cl)cc1Cl. The predicted octanol–water partition coefficient (Wildman–Crippen LogP) is 4.95. The molecule has 0 unspecified atom stereocenters. The molecular weight excluding hydrogens is 347 g/mol. The van der Waals surface area contributed by atoms with Gasteiger partial charge >= 0.3 is 0 Å². The molecule has 0 atom stereocenters. The fraction of sp³-hybridized carbons (Fsp3) is 0.0526. The van der Waals surface area contributed by atoms with E-state index < -0.39 is 0 Å². The van der Waals surface area contributed by atoms with Gasteiger partial charge in [0.1, 0.15) is 5.75 Å². The lowest BCUT2D eigenvalue weighted by Gasteiger charge is -1.98. The van der Waals surface area contributed by atoms with E-state index in [0.717, 1.165) is 5.56 Å². The first kappa shape index (κ1) is 18.0. The van der Waals surface area contributed by atoms with Crippen LogP contribution in [0.25, 0.3) is 12.2 Å². The Morgan fingerprint density at radius 1 is 0.917 bits per heavy atom. The first-order valence-electron chi connectivity index (χ1n) is 7.10. The standard InChI is InChI=1S/C19H14Cl2O3/c20-15-6-4-14(19(21)11-15)5-10-18(24)12-17(23)9-3-13-1-7-16(22)8-2-13/h1-11,22H,12H2. The Balaban J connectivity index is 1.92. The van der Waals surface area contributed by atoms with Crippen molar-refractivity contribution in [3.8, 4) is 5.75 Å². The lowest BCUT2D eigenvalue weighted by atomic mass is 10.1. The number of allylic oxidation sites excluding steroid dienone is 2. The molecule has 1 N–H and O–H groups in total. The van der Waals surface area contributed by atoms with Crippen molar-refractivity contribution in [3.05, 3.63) is 75.8 Å². The smallest absolute Gasteiger partial charge is 0.163 e. The van der Waals surface area contributed by atoms with Gasteiger partial charge in [-0.3, -0.25) is 9.59 Å². The van der Waals surface area contributed by atoms with Crippen molar-refractivity contribution in [2.24, 2.45) is 0 Å². The van der Waals surface area contributed by atoms with Crippen LogP contribution < -0.4 is 0 Å². The average Bonchev–Trinajstić information content (AvgIpc) is 2.53. The molecule has 2 rings (SSSR count). The van der Waals surface area contributed by atoms with Crippen molar-refractivity contribution in [1.29, 1.82) is 0 Å². The first-order chi connectivity index (χ1) is 11.4. The van der Waals surface area contributed by atoms with Gasteiger partial charge in [0.15, 0.2) is 11.6 Å². The number of rotatable bonds is 6. The van der Waals surface area contributed by atoms with E-state index in [1.54, 1.807) is 42.5 Å². The summed E-state index contributed by atoms with van der Waals surface area (Å²) in [6.07, 6.45) is 5.58. The van der Waals surface area contributed by atoms with E-state index in [2.05, 4.69) is 0 Å². The quantitative estimate of drug-likeness (QED) is 0.585. The average molecular weight is 361 g/mol. The Hall–Kier alpha value is -2.36. The highest BCUT2D eigenvalue weighted by atomic mass is 35.5. The molecule has 0 fully saturated rings. The molecule has 0 aliphatic carbocycles.